The summed E-state index contributed by atoms with van der Waals surface area (Å²) in [5.74, 6) is -1.28. The number of ketones is 1. The average Bonchev–Trinajstić information content (AvgIpc) is 3.10. The number of anilines is 2. The van der Waals surface area contributed by atoms with Gasteiger partial charge in [0, 0.05) is 24.8 Å². The number of unbranched alkanes of at least 4 members (excludes halogenated alkanes) is 9. The first-order chi connectivity index (χ1) is 22.8. The number of hydrogen-bond donors (Lipinski definition) is 1. The van der Waals surface area contributed by atoms with Crippen molar-refractivity contribution in [3.05, 3.63) is 82.9 Å². The maximum Gasteiger partial charge on any atom is 0.338 e. The average molecular weight is 662 g/mol. The molecular weight excluding hydrogens is 614 g/mol. The van der Waals surface area contributed by atoms with E-state index in [1.165, 1.54) is 64.2 Å². The zero-order valence-electron chi connectivity index (χ0n) is 28.1. The maximum atomic E-state index is 13.6. The van der Waals surface area contributed by atoms with Gasteiger partial charge in [0.05, 0.1) is 35.7 Å². The summed E-state index contributed by atoms with van der Waals surface area (Å²) >= 11 is 6.41. The van der Waals surface area contributed by atoms with Crippen molar-refractivity contribution in [2.24, 2.45) is 4.99 Å². The second kappa shape index (κ2) is 20.1. The zero-order chi connectivity index (χ0) is 34.0. The molecule has 0 fully saturated rings. The molecular formula is C38H48ClN3O5. The van der Waals surface area contributed by atoms with Gasteiger partial charge in [-0.2, -0.15) is 0 Å². The number of carbonyl (C=O) groups excluding carboxylic acids is 3. The molecule has 8 nitrogen and oxygen atoms in total. The molecule has 0 aliphatic heterocycles. The fourth-order valence-electron chi connectivity index (χ4n) is 4.94. The van der Waals surface area contributed by atoms with Crippen molar-refractivity contribution in [2.45, 2.75) is 78.1 Å². The second-order valence-electron chi connectivity index (χ2n) is 11.5. The summed E-state index contributed by atoms with van der Waals surface area (Å²) < 4.78 is 10.7. The quantitative estimate of drug-likeness (QED) is 0.0426. The van der Waals surface area contributed by atoms with E-state index in [0.717, 1.165) is 31.5 Å². The summed E-state index contributed by atoms with van der Waals surface area (Å²) in [5, 5.41) is 2.89. The van der Waals surface area contributed by atoms with Crippen molar-refractivity contribution in [3.8, 4) is 5.75 Å². The first-order valence-electron chi connectivity index (χ1n) is 16.6. The fourth-order valence-corrected chi connectivity index (χ4v) is 5.11. The molecule has 1 N–H and O–H groups in total. The number of nitrogens with zero attached hydrogens (tertiary/aromatic N) is 2. The van der Waals surface area contributed by atoms with Crippen molar-refractivity contribution in [1.29, 1.82) is 0 Å². The number of ether oxygens (including phenoxy) is 2. The van der Waals surface area contributed by atoms with Gasteiger partial charge in [-0.05, 0) is 80.1 Å². The van der Waals surface area contributed by atoms with E-state index in [1.54, 1.807) is 42.5 Å². The Morgan fingerprint density at radius 2 is 1.38 bits per heavy atom. The molecule has 0 radical (unpaired) electrons. The molecule has 0 saturated carbocycles. The molecule has 3 aromatic rings. The van der Waals surface area contributed by atoms with Gasteiger partial charge in [-0.3, -0.25) is 9.59 Å². The summed E-state index contributed by atoms with van der Waals surface area (Å²) in [4.78, 5) is 46.5. The highest BCUT2D eigenvalue weighted by atomic mass is 35.5. The summed E-state index contributed by atoms with van der Waals surface area (Å²) in [6.07, 6.45) is 11.9. The number of carbonyl (C=O) groups is 3. The number of Topliss-reactive ketones (excluding diaryl/α,β-unsaturated/α-hetero) is 1. The number of aliphatic imine (C=N–C) groups is 1. The fraction of sp³-hybridized carbons (Fsp3) is 0.421. The molecule has 47 heavy (non-hydrogen) atoms. The number of halogens is 1. The van der Waals surface area contributed by atoms with E-state index in [0.29, 0.717) is 18.0 Å². The molecule has 0 saturated heterocycles. The Bertz CT molecular complexity index is 1470. The van der Waals surface area contributed by atoms with Gasteiger partial charge >= 0.3 is 5.97 Å². The highest BCUT2D eigenvalue weighted by Gasteiger charge is 2.24. The maximum absolute atomic E-state index is 13.6. The number of benzene rings is 3. The molecule has 0 unspecified atom stereocenters. The standard InChI is InChI=1S/C38H48ClN3O5/c1-5-7-8-9-10-11-12-13-14-15-26-47-38(45)29-18-25-33(39)34(27-29)41-37(44)35(36(43)28-16-23-32(46-4)24-17-28)40-30-19-21-31(22-20-30)42(3)6-2/h16-25,27H,5-15,26H2,1-4H3,(H,41,44). The minimum atomic E-state index is -0.765. The van der Waals surface area contributed by atoms with E-state index in [2.05, 4.69) is 22.1 Å². The van der Waals surface area contributed by atoms with Gasteiger partial charge in [-0.25, -0.2) is 9.79 Å². The summed E-state index contributed by atoms with van der Waals surface area (Å²) in [6.45, 7) is 5.41. The van der Waals surface area contributed by atoms with Crippen LogP contribution in [0.2, 0.25) is 5.02 Å². The summed E-state index contributed by atoms with van der Waals surface area (Å²) in [7, 11) is 3.50. The Kier molecular flexibility index (Phi) is 16.0. The van der Waals surface area contributed by atoms with Crippen LogP contribution in [0.3, 0.4) is 0 Å². The molecule has 9 heteroatoms. The normalized spacial score (nSPS) is 11.2. The van der Waals surface area contributed by atoms with Crippen LogP contribution >= 0.6 is 11.6 Å². The lowest BCUT2D eigenvalue weighted by atomic mass is 10.1. The van der Waals surface area contributed by atoms with Crippen LogP contribution < -0.4 is 15.0 Å². The molecule has 3 aromatic carbocycles. The zero-order valence-corrected chi connectivity index (χ0v) is 28.9. The van der Waals surface area contributed by atoms with Gasteiger partial charge in [-0.15, -0.1) is 0 Å². The van der Waals surface area contributed by atoms with Gasteiger partial charge < -0.3 is 19.7 Å². The van der Waals surface area contributed by atoms with Crippen LogP contribution in [0.25, 0.3) is 0 Å². The molecule has 0 aromatic heterocycles. The van der Waals surface area contributed by atoms with Crippen LogP contribution in [0.1, 0.15) is 98.8 Å². The Morgan fingerprint density at radius 1 is 0.787 bits per heavy atom. The Labute approximate surface area is 284 Å². The number of rotatable bonds is 20. The molecule has 1 amide bonds. The third kappa shape index (κ3) is 12.2. The molecule has 252 valence electrons. The van der Waals surface area contributed by atoms with Gasteiger partial charge in [0.25, 0.3) is 5.91 Å². The molecule has 0 aliphatic carbocycles. The lowest BCUT2D eigenvalue weighted by Gasteiger charge is -2.16. The smallest absolute Gasteiger partial charge is 0.338 e. The van der Waals surface area contributed by atoms with Gasteiger partial charge in [-0.1, -0.05) is 76.3 Å². The lowest BCUT2D eigenvalue weighted by molar-refractivity contribution is -0.110. The number of amides is 1. The first-order valence-corrected chi connectivity index (χ1v) is 17.0. The first kappa shape index (κ1) is 37.3. The topological polar surface area (TPSA) is 97.3 Å². The van der Waals surface area contributed by atoms with E-state index in [1.807, 2.05) is 26.1 Å². The molecule has 0 aliphatic rings. The minimum Gasteiger partial charge on any atom is -0.497 e. The van der Waals surface area contributed by atoms with Crippen LogP contribution in [-0.4, -0.2) is 50.7 Å². The predicted molar refractivity (Wildman–Crippen MR) is 192 cm³/mol. The SMILES string of the molecule is CCCCCCCCCCCCOC(=O)c1ccc(Cl)c(NC(=O)C(=Nc2ccc(N(C)CC)cc2)C(=O)c2ccc(OC)cc2)c1. The molecule has 0 heterocycles. The Morgan fingerprint density at radius 3 is 1.98 bits per heavy atom. The van der Waals surface area contributed by atoms with E-state index >= 15 is 0 Å². The number of methoxy groups -OCH3 is 1. The molecule has 0 bridgehead atoms. The van der Waals surface area contributed by atoms with Crippen molar-refractivity contribution < 1.29 is 23.9 Å². The van der Waals surface area contributed by atoms with E-state index in [4.69, 9.17) is 21.1 Å². The van der Waals surface area contributed by atoms with Crippen LogP contribution in [0, 0.1) is 0 Å². The largest absolute Gasteiger partial charge is 0.497 e. The van der Waals surface area contributed by atoms with E-state index in [-0.39, 0.29) is 27.5 Å². The monoisotopic (exact) mass is 661 g/mol. The van der Waals surface area contributed by atoms with Crippen LogP contribution in [-0.2, 0) is 9.53 Å². The van der Waals surface area contributed by atoms with Gasteiger partial charge in [0.1, 0.15) is 5.75 Å². The lowest BCUT2D eigenvalue weighted by Crippen LogP contribution is -2.30. The van der Waals surface area contributed by atoms with E-state index in [9.17, 15) is 14.4 Å². The Balaban J connectivity index is 1.68. The van der Waals surface area contributed by atoms with Crippen molar-refractivity contribution in [1.82, 2.24) is 0 Å². The molecule has 0 atom stereocenters. The van der Waals surface area contributed by atoms with Crippen molar-refractivity contribution in [3.63, 3.8) is 0 Å². The third-order valence-electron chi connectivity index (χ3n) is 7.97. The molecule has 3 rings (SSSR count). The van der Waals surface area contributed by atoms with Crippen LogP contribution in [0.15, 0.2) is 71.7 Å². The molecule has 0 spiro atoms. The number of nitrogens with one attached hydrogen (secondary N) is 1. The van der Waals surface area contributed by atoms with Gasteiger partial charge in [0.2, 0.25) is 5.78 Å². The van der Waals surface area contributed by atoms with Gasteiger partial charge in [0.15, 0.2) is 5.71 Å². The Hall–Kier alpha value is -4.17. The number of esters is 1. The van der Waals surface area contributed by atoms with Crippen LogP contribution in [0.4, 0.5) is 17.1 Å². The highest BCUT2D eigenvalue weighted by molar-refractivity contribution is 6.70. The minimum absolute atomic E-state index is 0.167. The number of hydrogen-bond acceptors (Lipinski definition) is 7. The third-order valence-corrected chi connectivity index (χ3v) is 8.30. The van der Waals surface area contributed by atoms with Crippen molar-refractivity contribution in [2.75, 3.05) is 37.5 Å². The van der Waals surface area contributed by atoms with Crippen LogP contribution in [0.5, 0.6) is 5.75 Å². The predicted octanol–water partition coefficient (Wildman–Crippen LogP) is 9.48. The van der Waals surface area contributed by atoms with E-state index < -0.39 is 17.7 Å². The highest BCUT2D eigenvalue weighted by Crippen LogP contribution is 2.25. The summed E-state index contributed by atoms with van der Waals surface area (Å²) in [5.41, 5.74) is 1.74. The second-order valence-corrected chi connectivity index (χ2v) is 11.9. The summed E-state index contributed by atoms with van der Waals surface area (Å²) in [6, 6.07) is 18.2. The van der Waals surface area contributed by atoms with Crippen molar-refractivity contribution >= 4 is 52.0 Å².